The Morgan fingerprint density at radius 1 is 1.21 bits per heavy atom. The van der Waals surface area contributed by atoms with Crippen LogP contribution in [0.4, 0.5) is 0 Å². The lowest BCUT2D eigenvalue weighted by Gasteiger charge is -2.26. The molecule has 86 valence electrons. The normalized spacial score (nSPS) is 12.4. The average Bonchev–Trinajstić information content (AvgIpc) is 2.10. The minimum absolute atomic E-state index is 0.415. The number of unbranched alkanes of at least 4 members (excludes halogenated alkanes) is 1. The van der Waals surface area contributed by atoms with Crippen LogP contribution in [0.2, 0.25) is 0 Å². The van der Waals surface area contributed by atoms with Gasteiger partial charge in [0.1, 0.15) is 0 Å². The topological polar surface area (TPSA) is 21.3 Å². The van der Waals surface area contributed by atoms with Crippen LogP contribution in [0.15, 0.2) is 0 Å². The highest BCUT2D eigenvalue weighted by Crippen LogP contribution is 2.22. The van der Waals surface area contributed by atoms with E-state index in [1.54, 1.807) is 7.11 Å². The number of hydrogen-bond donors (Lipinski definition) is 1. The molecule has 0 aromatic rings. The fourth-order valence-electron chi connectivity index (χ4n) is 1.42. The lowest BCUT2D eigenvalue weighted by molar-refractivity contribution is 0.185. The first-order valence-electron chi connectivity index (χ1n) is 5.70. The van der Waals surface area contributed by atoms with E-state index in [1.807, 2.05) is 0 Å². The smallest absolute Gasteiger partial charge is 0.0462 e. The van der Waals surface area contributed by atoms with Gasteiger partial charge in [-0.1, -0.05) is 34.1 Å². The van der Waals surface area contributed by atoms with Crippen molar-refractivity contribution in [3.05, 3.63) is 0 Å². The van der Waals surface area contributed by atoms with Crippen LogP contribution < -0.4 is 5.32 Å². The molecular weight excluding hydrogens is 174 g/mol. The molecule has 0 spiro atoms. The zero-order chi connectivity index (χ0) is 11.0. The van der Waals surface area contributed by atoms with Gasteiger partial charge in [-0.3, -0.25) is 0 Å². The van der Waals surface area contributed by atoms with E-state index in [1.165, 1.54) is 19.3 Å². The summed E-state index contributed by atoms with van der Waals surface area (Å²) in [7, 11) is 1.77. The van der Waals surface area contributed by atoms with Gasteiger partial charge in [0.2, 0.25) is 0 Å². The summed E-state index contributed by atoms with van der Waals surface area (Å²) in [5, 5.41) is 3.50. The second-order valence-corrected chi connectivity index (χ2v) is 5.15. The van der Waals surface area contributed by atoms with E-state index in [9.17, 15) is 0 Å². The Kier molecular flexibility index (Phi) is 7.20. The van der Waals surface area contributed by atoms with Crippen molar-refractivity contribution in [3.63, 3.8) is 0 Å². The molecule has 0 atom stereocenters. The number of hydrogen-bond acceptors (Lipinski definition) is 2. The average molecular weight is 201 g/mol. The van der Waals surface area contributed by atoms with Crippen LogP contribution in [0, 0.1) is 5.41 Å². The summed E-state index contributed by atoms with van der Waals surface area (Å²) in [6.07, 6.45) is 3.72. The van der Waals surface area contributed by atoms with Gasteiger partial charge in [-0.15, -0.1) is 0 Å². The minimum atomic E-state index is 0.415. The van der Waals surface area contributed by atoms with Crippen molar-refractivity contribution in [2.45, 2.75) is 53.0 Å². The quantitative estimate of drug-likeness (QED) is 0.610. The molecule has 0 radical (unpaired) electrons. The molecule has 0 aliphatic carbocycles. The fraction of sp³-hybridized carbons (Fsp3) is 1.00. The van der Waals surface area contributed by atoms with E-state index in [4.69, 9.17) is 4.74 Å². The van der Waals surface area contributed by atoms with Crippen molar-refractivity contribution in [2.75, 3.05) is 20.3 Å². The van der Waals surface area contributed by atoms with Crippen LogP contribution in [0.3, 0.4) is 0 Å². The van der Waals surface area contributed by atoms with E-state index in [2.05, 4.69) is 33.0 Å². The van der Waals surface area contributed by atoms with E-state index >= 15 is 0 Å². The Hall–Kier alpha value is -0.0800. The van der Waals surface area contributed by atoms with Crippen LogP contribution in [-0.2, 0) is 4.74 Å². The lowest BCUT2D eigenvalue weighted by atomic mass is 9.87. The van der Waals surface area contributed by atoms with Crippen molar-refractivity contribution in [1.82, 2.24) is 5.32 Å². The molecule has 0 aromatic heterocycles. The van der Waals surface area contributed by atoms with Gasteiger partial charge in [0.25, 0.3) is 0 Å². The van der Waals surface area contributed by atoms with Crippen LogP contribution >= 0.6 is 0 Å². The summed E-state index contributed by atoms with van der Waals surface area (Å²) in [6, 6.07) is 0.591. The SMILES string of the molecule is COCCCCC(C)(C)CNC(C)C. The fourth-order valence-corrected chi connectivity index (χ4v) is 1.42. The van der Waals surface area contributed by atoms with Gasteiger partial charge in [-0.25, -0.2) is 0 Å². The molecule has 0 amide bonds. The van der Waals surface area contributed by atoms with Crippen molar-refractivity contribution in [1.29, 1.82) is 0 Å². The second-order valence-electron chi connectivity index (χ2n) is 5.15. The van der Waals surface area contributed by atoms with Gasteiger partial charge in [0, 0.05) is 26.3 Å². The molecule has 0 rings (SSSR count). The molecule has 0 aliphatic rings. The third-order valence-corrected chi connectivity index (χ3v) is 2.44. The monoisotopic (exact) mass is 201 g/mol. The van der Waals surface area contributed by atoms with Gasteiger partial charge < -0.3 is 10.1 Å². The zero-order valence-corrected chi connectivity index (χ0v) is 10.5. The first kappa shape index (κ1) is 13.9. The summed E-state index contributed by atoms with van der Waals surface area (Å²) in [5.41, 5.74) is 0.415. The van der Waals surface area contributed by atoms with Crippen molar-refractivity contribution < 1.29 is 4.74 Å². The first-order valence-corrected chi connectivity index (χ1v) is 5.70. The third kappa shape index (κ3) is 8.52. The van der Waals surface area contributed by atoms with E-state index in [0.717, 1.165) is 13.2 Å². The maximum Gasteiger partial charge on any atom is 0.0462 e. The van der Waals surface area contributed by atoms with Gasteiger partial charge in [0.05, 0.1) is 0 Å². The summed E-state index contributed by atoms with van der Waals surface area (Å²) in [4.78, 5) is 0. The Morgan fingerprint density at radius 3 is 2.36 bits per heavy atom. The summed E-state index contributed by atoms with van der Waals surface area (Å²) >= 11 is 0. The third-order valence-electron chi connectivity index (χ3n) is 2.44. The highest BCUT2D eigenvalue weighted by molar-refractivity contribution is 4.72. The van der Waals surface area contributed by atoms with Crippen LogP contribution in [0.5, 0.6) is 0 Å². The molecule has 0 unspecified atom stereocenters. The van der Waals surface area contributed by atoms with Crippen molar-refractivity contribution >= 4 is 0 Å². The maximum absolute atomic E-state index is 5.04. The zero-order valence-electron chi connectivity index (χ0n) is 10.5. The number of rotatable bonds is 8. The highest BCUT2D eigenvalue weighted by Gasteiger charge is 2.16. The summed E-state index contributed by atoms with van der Waals surface area (Å²) in [6.45, 7) is 11.1. The van der Waals surface area contributed by atoms with Gasteiger partial charge in [-0.2, -0.15) is 0 Å². The predicted molar refractivity (Wildman–Crippen MR) is 62.6 cm³/mol. The molecule has 2 heteroatoms. The molecule has 0 aromatic carbocycles. The first-order chi connectivity index (χ1) is 6.48. The van der Waals surface area contributed by atoms with E-state index in [0.29, 0.717) is 11.5 Å². The molecule has 0 bridgehead atoms. The van der Waals surface area contributed by atoms with Crippen molar-refractivity contribution in [2.24, 2.45) is 5.41 Å². The van der Waals surface area contributed by atoms with Gasteiger partial charge >= 0.3 is 0 Å². The molecule has 0 heterocycles. The van der Waals surface area contributed by atoms with E-state index < -0.39 is 0 Å². The highest BCUT2D eigenvalue weighted by atomic mass is 16.5. The Bertz CT molecular complexity index is 132. The Labute approximate surface area is 89.4 Å². The molecular formula is C12H27NO. The second kappa shape index (κ2) is 7.24. The number of ether oxygens (including phenoxy) is 1. The molecule has 1 N–H and O–H groups in total. The Balaban J connectivity index is 3.50. The van der Waals surface area contributed by atoms with E-state index in [-0.39, 0.29) is 0 Å². The number of methoxy groups -OCH3 is 1. The molecule has 0 saturated heterocycles. The van der Waals surface area contributed by atoms with Crippen LogP contribution in [-0.4, -0.2) is 26.3 Å². The standard InChI is InChI=1S/C12H27NO/c1-11(2)13-10-12(3,4)8-6-7-9-14-5/h11,13H,6-10H2,1-5H3. The molecule has 2 nitrogen and oxygen atoms in total. The largest absolute Gasteiger partial charge is 0.385 e. The van der Waals surface area contributed by atoms with Crippen LogP contribution in [0.1, 0.15) is 47.0 Å². The van der Waals surface area contributed by atoms with Gasteiger partial charge in [0.15, 0.2) is 0 Å². The summed E-state index contributed by atoms with van der Waals surface area (Å²) in [5.74, 6) is 0. The van der Waals surface area contributed by atoms with Crippen LogP contribution in [0.25, 0.3) is 0 Å². The molecule has 0 aliphatic heterocycles. The molecule has 14 heavy (non-hydrogen) atoms. The van der Waals surface area contributed by atoms with Crippen molar-refractivity contribution in [3.8, 4) is 0 Å². The minimum Gasteiger partial charge on any atom is -0.385 e. The molecule has 0 fully saturated rings. The lowest BCUT2D eigenvalue weighted by Crippen LogP contribution is -2.33. The summed E-state index contributed by atoms with van der Waals surface area (Å²) < 4.78 is 5.04. The maximum atomic E-state index is 5.04. The Morgan fingerprint density at radius 2 is 1.86 bits per heavy atom. The molecule has 0 saturated carbocycles. The predicted octanol–water partition coefficient (Wildman–Crippen LogP) is 2.83. The van der Waals surface area contributed by atoms with Gasteiger partial charge in [-0.05, 0) is 18.3 Å². The number of nitrogens with one attached hydrogen (secondary N) is 1.